The second-order valence-corrected chi connectivity index (χ2v) is 6.75. The summed E-state index contributed by atoms with van der Waals surface area (Å²) in [6, 6.07) is 0. The van der Waals surface area contributed by atoms with Gasteiger partial charge in [-0.25, -0.2) is 16.8 Å². The van der Waals surface area contributed by atoms with Crippen LogP contribution >= 0.6 is 0 Å². The summed E-state index contributed by atoms with van der Waals surface area (Å²) >= 11 is 0. The van der Waals surface area contributed by atoms with Crippen molar-refractivity contribution < 1.29 is 43.6 Å². The highest BCUT2D eigenvalue weighted by atomic mass is 32.3. The van der Waals surface area contributed by atoms with Gasteiger partial charge in [-0.1, -0.05) is 3.71 Å². The Kier molecular flexibility index (Phi) is 3.93. The Labute approximate surface area is 92.1 Å². The van der Waals surface area contributed by atoms with Gasteiger partial charge in [0, 0.05) is 7.05 Å². The number of nitrogens with zero attached hydrogens (tertiary/aromatic N) is 1. The molecule has 0 saturated carbocycles. The minimum Gasteiger partial charge on any atom is -0.295 e. The average molecular weight is 305 g/mol. The summed E-state index contributed by atoms with van der Waals surface area (Å²) in [5.74, 6) is 0. The SMILES string of the molecule is CN(S(=O)(=O)C(F)(F)F)S(=O)(=O)C(F)(F)C=O. The van der Waals surface area contributed by atoms with Crippen LogP contribution in [-0.2, 0) is 24.8 Å². The van der Waals surface area contributed by atoms with E-state index in [0.29, 0.717) is 0 Å². The fraction of sp³-hybridized carbons (Fsp3) is 0.750. The molecule has 0 N–H and O–H groups in total. The molecule has 0 atom stereocenters. The van der Waals surface area contributed by atoms with Crippen molar-refractivity contribution in [2.45, 2.75) is 10.8 Å². The van der Waals surface area contributed by atoms with Crippen molar-refractivity contribution in [3.05, 3.63) is 0 Å². The quantitative estimate of drug-likeness (QED) is 0.534. The van der Waals surface area contributed by atoms with E-state index in [1.54, 1.807) is 0 Å². The molecule has 0 aromatic heterocycles. The molecular formula is C4H4F5NO5S2. The van der Waals surface area contributed by atoms with Gasteiger partial charge in [0.2, 0.25) is 6.29 Å². The van der Waals surface area contributed by atoms with Crippen LogP contribution < -0.4 is 0 Å². The lowest BCUT2D eigenvalue weighted by atomic mass is 10.8. The molecule has 17 heavy (non-hydrogen) atoms. The average Bonchev–Trinajstić information content (AvgIpc) is 2.14. The number of carbonyl (C=O) groups is 1. The van der Waals surface area contributed by atoms with E-state index < -0.39 is 40.8 Å². The minimum atomic E-state index is -6.52. The predicted molar refractivity (Wildman–Crippen MR) is 42.7 cm³/mol. The van der Waals surface area contributed by atoms with Gasteiger partial charge in [0.05, 0.1) is 0 Å². The third-order valence-corrected chi connectivity index (χ3v) is 5.35. The monoisotopic (exact) mass is 305 g/mol. The van der Waals surface area contributed by atoms with Gasteiger partial charge >= 0.3 is 20.8 Å². The summed E-state index contributed by atoms with van der Waals surface area (Å²) < 4.78 is 102. The summed E-state index contributed by atoms with van der Waals surface area (Å²) in [6.07, 6.45) is -1.48. The number of hydrogen-bond acceptors (Lipinski definition) is 5. The van der Waals surface area contributed by atoms with Gasteiger partial charge in [0.25, 0.3) is 10.0 Å². The van der Waals surface area contributed by atoms with E-state index >= 15 is 0 Å². The molecule has 0 rings (SSSR count). The number of alkyl halides is 5. The largest absolute Gasteiger partial charge is 0.512 e. The highest BCUT2D eigenvalue weighted by molar-refractivity contribution is 8.05. The molecule has 0 aliphatic heterocycles. The lowest BCUT2D eigenvalue weighted by molar-refractivity contribution is -0.120. The Balaban J connectivity index is 5.83. The second-order valence-electron chi connectivity index (χ2n) is 2.52. The first-order valence-corrected chi connectivity index (χ1v) is 6.24. The van der Waals surface area contributed by atoms with Crippen molar-refractivity contribution in [2.75, 3.05) is 7.05 Å². The van der Waals surface area contributed by atoms with Gasteiger partial charge in [0.1, 0.15) is 0 Å². The number of halogens is 5. The molecule has 13 heteroatoms. The third-order valence-electron chi connectivity index (χ3n) is 1.45. The standard InChI is InChI=1S/C4H4F5NO5S2/c1-10(17(14,15)4(7,8)9)16(12,13)3(5,6)2-11/h2H,1H3. The van der Waals surface area contributed by atoms with Crippen molar-refractivity contribution in [3.63, 3.8) is 0 Å². The zero-order valence-electron chi connectivity index (χ0n) is 7.77. The molecule has 0 aliphatic rings. The third kappa shape index (κ3) is 2.55. The molecule has 0 aromatic carbocycles. The van der Waals surface area contributed by atoms with E-state index in [1.165, 1.54) is 0 Å². The molecule has 0 spiro atoms. The molecule has 0 radical (unpaired) electrons. The number of sulfonamides is 2. The fourth-order valence-corrected chi connectivity index (χ4v) is 2.85. The van der Waals surface area contributed by atoms with Gasteiger partial charge < -0.3 is 0 Å². The van der Waals surface area contributed by atoms with Gasteiger partial charge in [0.15, 0.2) is 0 Å². The number of hydrogen-bond donors (Lipinski definition) is 0. The molecule has 0 unspecified atom stereocenters. The highest BCUT2D eigenvalue weighted by Gasteiger charge is 2.59. The highest BCUT2D eigenvalue weighted by Crippen LogP contribution is 2.32. The molecule has 0 aromatic rings. The van der Waals surface area contributed by atoms with Crippen LogP contribution in [-0.4, -0.2) is 44.6 Å². The minimum absolute atomic E-state index is 0.254. The molecular weight excluding hydrogens is 301 g/mol. The number of aldehydes is 1. The Hall–Kier alpha value is -0.820. The van der Waals surface area contributed by atoms with Gasteiger partial charge in [-0.15, -0.1) is 0 Å². The maximum atomic E-state index is 12.5. The zero-order chi connectivity index (χ0) is 14.3. The van der Waals surface area contributed by atoms with E-state index in [9.17, 15) is 43.6 Å². The first-order valence-electron chi connectivity index (χ1n) is 3.36. The molecule has 0 amide bonds. The van der Waals surface area contributed by atoms with Crippen LogP contribution in [0.3, 0.4) is 0 Å². The van der Waals surface area contributed by atoms with Crippen LogP contribution in [0.2, 0.25) is 0 Å². The lowest BCUT2D eigenvalue weighted by Gasteiger charge is -2.21. The molecule has 0 fully saturated rings. The molecule has 0 aliphatic carbocycles. The van der Waals surface area contributed by atoms with E-state index in [2.05, 4.69) is 0 Å². The maximum absolute atomic E-state index is 12.5. The van der Waals surface area contributed by atoms with Crippen LogP contribution in [0, 0.1) is 0 Å². The van der Waals surface area contributed by atoms with Crippen LogP contribution in [0.1, 0.15) is 0 Å². The Bertz CT molecular complexity index is 505. The van der Waals surface area contributed by atoms with Crippen molar-refractivity contribution in [1.29, 1.82) is 0 Å². The summed E-state index contributed by atoms with van der Waals surface area (Å²) in [6.45, 7) is 0. The molecule has 6 nitrogen and oxygen atoms in total. The van der Waals surface area contributed by atoms with Crippen LogP contribution in [0.15, 0.2) is 0 Å². The van der Waals surface area contributed by atoms with Crippen molar-refractivity contribution >= 4 is 26.3 Å². The molecule has 102 valence electrons. The first-order chi connectivity index (χ1) is 7.22. The summed E-state index contributed by atoms with van der Waals surface area (Å²) in [7, 11) is -13.1. The van der Waals surface area contributed by atoms with Crippen molar-refractivity contribution in [3.8, 4) is 0 Å². The maximum Gasteiger partial charge on any atom is 0.512 e. The smallest absolute Gasteiger partial charge is 0.295 e. The van der Waals surface area contributed by atoms with Crippen molar-refractivity contribution in [1.82, 2.24) is 3.71 Å². The molecule has 0 heterocycles. The lowest BCUT2D eigenvalue weighted by Crippen LogP contribution is -2.48. The van der Waals surface area contributed by atoms with E-state index in [-0.39, 0.29) is 7.05 Å². The number of carbonyl (C=O) groups excluding carboxylic acids is 1. The van der Waals surface area contributed by atoms with Gasteiger partial charge in [-0.05, 0) is 0 Å². The van der Waals surface area contributed by atoms with E-state index in [4.69, 9.17) is 0 Å². The normalized spacial score (nSPS) is 15.0. The van der Waals surface area contributed by atoms with E-state index in [1.807, 2.05) is 0 Å². The topological polar surface area (TPSA) is 88.6 Å². The summed E-state index contributed by atoms with van der Waals surface area (Å²) in [5.41, 5.74) is -6.09. The fourth-order valence-electron chi connectivity index (χ4n) is 0.507. The Morgan fingerprint density at radius 2 is 1.29 bits per heavy atom. The van der Waals surface area contributed by atoms with Crippen LogP contribution in [0.5, 0.6) is 0 Å². The first kappa shape index (κ1) is 16.2. The van der Waals surface area contributed by atoms with Gasteiger partial charge in [-0.2, -0.15) is 22.0 Å². The number of rotatable bonds is 4. The Morgan fingerprint density at radius 1 is 0.941 bits per heavy atom. The van der Waals surface area contributed by atoms with Gasteiger partial charge in [-0.3, -0.25) is 4.79 Å². The zero-order valence-corrected chi connectivity index (χ0v) is 9.41. The molecule has 0 bridgehead atoms. The van der Waals surface area contributed by atoms with Crippen LogP contribution in [0.25, 0.3) is 0 Å². The van der Waals surface area contributed by atoms with Crippen molar-refractivity contribution in [2.24, 2.45) is 0 Å². The second kappa shape index (κ2) is 4.13. The van der Waals surface area contributed by atoms with Crippen LogP contribution in [0.4, 0.5) is 22.0 Å². The van der Waals surface area contributed by atoms with E-state index in [0.717, 1.165) is 0 Å². The molecule has 0 saturated heterocycles. The Morgan fingerprint density at radius 3 is 1.53 bits per heavy atom. The summed E-state index contributed by atoms with van der Waals surface area (Å²) in [4.78, 5) is 9.72. The predicted octanol–water partition coefficient (Wildman–Crippen LogP) is -0.111. The summed E-state index contributed by atoms with van der Waals surface area (Å²) in [5, 5.41) is -5.28.